The van der Waals surface area contributed by atoms with Crippen molar-refractivity contribution in [2.24, 2.45) is 0 Å². The molecule has 0 atom stereocenters. The smallest absolute Gasteiger partial charge is 0.143 e. The molecule has 0 fully saturated rings. The van der Waals surface area contributed by atoms with Crippen LogP contribution in [0.2, 0.25) is 0 Å². The van der Waals surface area contributed by atoms with Gasteiger partial charge < -0.3 is 11.1 Å². The first-order chi connectivity index (χ1) is 9.22. The Balaban J connectivity index is 2.06. The second kappa shape index (κ2) is 4.96. The van der Waals surface area contributed by atoms with Gasteiger partial charge in [0.25, 0.3) is 0 Å². The molecule has 0 aliphatic heterocycles. The molecule has 0 spiro atoms. The van der Waals surface area contributed by atoms with Crippen LogP contribution in [-0.4, -0.2) is 15.0 Å². The Labute approximate surface area is 123 Å². The van der Waals surface area contributed by atoms with Crippen molar-refractivity contribution in [3.05, 3.63) is 46.4 Å². The van der Waals surface area contributed by atoms with Gasteiger partial charge in [-0.15, -0.1) is 0 Å². The van der Waals surface area contributed by atoms with Crippen molar-refractivity contribution in [2.45, 2.75) is 0 Å². The highest BCUT2D eigenvalue weighted by atomic mass is 127. The van der Waals surface area contributed by atoms with E-state index in [4.69, 9.17) is 5.73 Å². The molecule has 0 bridgehead atoms. The number of hydrogen-bond acceptors (Lipinski definition) is 5. The molecule has 2 heterocycles. The molecule has 0 saturated carbocycles. The minimum Gasteiger partial charge on any atom is -0.384 e. The second-order valence-corrected chi connectivity index (χ2v) is 5.23. The van der Waals surface area contributed by atoms with Gasteiger partial charge in [0, 0.05) is 21.5 Å². The summed E-state index contributed by atoms with van der Waals surface area (Å²) in [6, 6.07) is 9.78. The molecule has 1 aromatic carbocycles. The van der Waals surface area contributed by atoms with Crippen LogP contribution >= 0.6 is 22.6 Å². The summed E-state index contributed by atoms with van der Waals surface area (Å²) in [6.07, 6.45) is 3.19. The summed E-state index contributed by atoms with van der Waals surface area (Å²) in [5.74, 6) is 1.17. The molecule has 0 saturated heterocycles. The van der Waals surface area contributed by atoms with Crippen molar-refractivity contribution in [1.82, 2.24) is 15.0 Å². The number of pyridine rings is 1. The number of nitrogens with one attached hydrogen (secondary N) is 1. The monoisotopic (exact) mass is 363 g/mol. The van der Waals surface area contributed by atoms with E-state index in [0.29, 0.717) is 5.82 Å². The molecule has 0 amide bonds. The first-order valence-electron chi connectivity index (χ1n) is 5.61. The zero-order valence-electron chi connectivity index (χ0n) is 9.84. The Kier molecular flexibility index (Phi) is 3.16. The molecular formula is C13H10IN5. The van der Waals surface area contributed by atoms with Crippen LogP contribution in [0.15, 0.2) is 42.9 Å². The molecule has 0 aliphatic rings. The van der Waals surface area contributed by atoms with Gasteiger partial charge in [-0.2, -0.15) is 0 Å². The van der Waals surface area contributed by atoms with Crippen LogP contribution < -0.4 is 11.1 Å². The zero-order chi connectivity index (χ0) is 13.2. The van der Waals surface area contributed by atoms with Crippen LogP contribution in [0.3, 0.4) is 0 Å². The van der Waals surface area contributed by atoms with Crippen molar-refractivity contribution < 1.29 is 0 Å². The van der Waals surface area contributed by atoms with Crippen molar-refractivity contribution in [3.63, 3.8) is 0 Å². The van der Waals surface area contributed by atoms with E-state index in [1.54, 1.807) is 12.3 Å². The highest BCUT2D eigenvalue weighted by Gasteiger charge is 2.05. The molecule has 3 aromatic rings. The predicted molar refractivity (Wildman–Crippen MR) is 84.2 cm³/mol. The molecule has 94 valence electrons. The fourth-order valence-electron chi connectivity index (χ4n) is 1.77. The van der Waals surface area contributed by atoms with E-state index in [9.17, 15) is 0 Å². The van der Waals surface area contributed by atoms with Crippen molar-refractivity contribution in [2.75, 3.05) is 11.1 Å². The van der Waals surface area contributed by atoms with Crippen molar-refractivity contribution in [1.29, 1.82) is 0 Å². The maximum Gasteiger partial charge on any atom is 0.143 e. The molecule has 3 N–H and O–H groups in total. The Morgan fingerprint density at radius 1 is 1.11 bits per heavy atom. The van der Waals surface area contributed by atoms with E-state index >= 15 is 0 Å². The average Bonchev–Trinajstić information content (AvgIpc) is 2.38. The lowest BCUT2D eigenvalue weighted by molar-refractivity contribution is 1.21. The number of rotatable bonds is 2. The first kappa shape index (κ1) is 12.1. The SMILES string of the molecule is Nc1cc2ncnc(Nc3cccc(I)c3)c2cn1. The van der Waals surface area contributed by atoms with Gasteiger partial charge in [-0.3, -0.25) is 0 Å². The van der Waals surface area contributed by atoms with E-state index < -0.39 is 0 Å². The van der Waals surface area contributed by atoms with Gasteiger partial charge in [-0.1, -0.05) is 6.07 Å². The van der Waals surface area contributed by atoms with Gasteiger partial charge in [0.1, 0.15) is 18.0 Å². The van der Waals surface area contributed by atoms with E-state index in [1.807, 2.05) is 24.3 Å². The highest BCUT2D eigenvalue weighted by molar-refractivity contribution is 14.1. The number of nitrogens with two attached hydrogens (primary N) is 1. The fraction of sp³-hybridized carbons (Fsp3) is 0. The topological polar surface area (TPSA) is 76.7 Å². The minimum atomic E-state index is 0.450. The van der Waals surface area contributed by atoms with Crippen molar-refractivity contribution in [3.8, 4) is 0 Å². The van der Waals surface area contributed by atoms with E-state index in [0.717, 1.165) is 26.0 Å². The lowest BCUT2D eigenvalue weighted by Crippen LogP contribution is -1.98. The van der Waals surface area contributed by atoms with Crippen LogP contribution in [0.1, 0.15) is 0 Å². The lowest BCUT2D eigenvalue weighted by Gasteiger charge is -2.08. The van der Waals surface area contributed by atoms with Gasteiger partial charge in [0.2, 0.25) is 0 Å². The molecule has 6 heteroatoms. The Hall–Kier alpha value is -1.96. The summed E-state index contributed by atoms with van der Waals surface area (Å²) in [6.45, 7) is 0. The number of nitrogen functional groups attached to an aromatic ring is 1. The van der Waals surface area contributed by atoms with Gasteiger partial charge in [0.15, 0.2) is 0 Å². The number of halogens is 1. The van der Waals surface area contributed by atoms with Gasteiger partial charge in [0.05, 0.1) is 10.9 Å². The third kappa shape index (κ3) is 2.58. The van der Waals surface area contributed by atoms with Gasteiger partial charge >= 0.3 is 0 Å². The normalized spacial score (nSPS) is 10.6. The fourth-order valence-corrected chi connectivity index (χ4v) is 2.31. The van der Waals surface area contributed by atoms with Crippen LogP contribution in [0, 0.1) is 3.57 Å². The molecule has 0 unspecified atom stereocenters. The van der Waals surface area contributed by atoms with Crippen LogP contribution in [0.4, 0.5) is 17.3 Å². The van der Waals surface area contributed by atoms with Gasteiger partial charge in [-0.05, 0) is 40.8 Å². The van der Waals surface area contributed by atoms with Gasteiger partial charge in [-0.25, -0.2) is 15.0 Å². The third-order valence-corrected chi connectivity index (χ3v) is 3.30. The molecule has 3 rings (SSSR count). The summed E-state index contributed by atoms with van der Waals surface area (Å²) >= 11 is 2.27. The molecule has 5 nitrogen and oxygen atoms in total. The maximum absolute atomic E-state index is 5.65. The molecule has 0 radical (unpaired) electrons. The third-order valence-electron chi connectivity index (χ3n) is 2.63. The standard InChI is InChI=1S/C13H10IN5/c14-8-2-1-3-9(4-8)19-13-10-6-16-12(15)5-11(10)17-7-18-13/h1-7H,(H2,15,16)(H,17,18,19). The summed E-state index contributed by atoms with van der Waals surface area (Å²) in [5, 5.41) is 4.11. The lowest BCUT2D eigenvalue weighted by atomic mass is 10.2. The number of aromatic nitrogens is 3. The number of fused-ring (bicyclic) bond motifs is 1. The molecular weight excluding hydrogens is 353 g/mol. The highest BCUT2D eigenvalue weighted by Crippen LogP contribution is 2.23. The van der Waals surface area contributed by atoms with Crippen LogP contribution in [-0.2, 0) is 0 Å². The molecule has 19 heavy (non-hydrogen) atoms. The minimum absolute atomic E-state index is 0.450. The number of anilines is 3. The summed E-state index contributed by atoms with van der Waals surface area (Å²) in [7, 11) is 0. The van der Waals surface area contributed by atoms with E-state index in [1.165, 1.54) is 6.33 Å². The Morgan fingerprint density at radius 3 is 2.84 bits per heavy atom. The number of benzene rings is 1. The second-order valence-electron chi connectivity index (χ2n) is 3.98. The first-order valence-corrected chi connectivity index (χ1v) is 6.69. The summed E-state index contributed by atoms with van der Waals surface area (Å²) in [5.41, 5.74) is 7.40. The predicted octanol–water partition coefficient (Wildman–Crippen LogP) is 2.96. The van der Waals surface area contributed by atoms with Crippen LogP contribution in [0.5, 0.6) is 0 Å². The van der Waals surface area contributed by atoms with Crippen molar-refractivity contribution >= 4 is 50.8 Å². The number of nitrogens with zero attached hydrogens (tertiary/aromatic N) is 3. The van der Waals surface area contributed by atoms with E-state index in [2.05, 4.69) is 42.9 Å². The quantitative estimate of drug-likeness (QED) is 0.685. The summed E-state index contributed by atoms with van der Waals surface area (Å²) < 4.78 is 1.16. The zero-order valence-corrected chi connectivity index (χ0v) is 12.0. The van der Waals surface area contributed by atoms with E-state index in [-0.39, 0.29) is 0 Å². The Bertz CT molecular complexity index is 744. The Morgan fingerprint density at radius 2 is 2.00 bits per heavy atom. The largest absolute Gasteiger partial charge is 0.384 e. The average molecular weight is 363 g/mol. The molecule has 2 aromatic heterocycles. The summed E-state index contributed by atoms with van der Waals surface area (Å²) in [4.78, 5) is 12.5. The maximum atomic E-state index is 5.65. The number of hydrogen-bond donors (Lipinski definition) is 2. The van der Waals surface area contributed by atoms with Crippen LogP contribution in [0.25, 0.3) is 10.9 Å². The molecule has 0 aliphatic carbocycles.